The minimum atomic E-state index is -1.95. The maximum atomic E-state index is 13.5. The molecule has 2 aliphatic heterocycles. The number of nitrogens with two attached hydrogens (primary N) is 2. The van der Waals surface area contributed by atoms with Crippen molar-refractivity contribution in [3.05, 3.63) is 46.6 Å². The molecule has 5 amide bonds. The molecule has 0 bridgehead atoms. The number of carboxylic acids is 1. The van der Waals surface area contributed by atoms with E-state index in [1.807, 2.05) is 0 Å². The number of halogens is 1. The van der Waals surface area contributed by atoms with Gasteiger partial charge in [0.15, 0.2) is 22.3 Å². The Morgan fingerprint density at radius 2 is 1.90 bits per heavy atom. The summed E-state index contributed by atoms with van der Waals surface area (Å²) in [7, 11) is 1.04. The van der Waals surface area contributed by atoms with Gasteiger partial charge in [-0.1, -0.05) is 5.16 Å². The third kappa shape index (κ3) is 7.64. The molecule has 1 saturated heterocycles. The first-order valence-electron chi connectivity index (χ1n) is 13.3. The van der Waals surface area contributed by atoms with Crippen LogP contribution in [0.4, 0.5) is 9.93 Å². The summed E-state index contributed by atoms with van der Waals surface area (Å²) in [6, 6.07) is 2.96. The number of anilines is 1. The van der Waals surface area contributed by atoms with E-state index in [1.54, 1.807) is 0 Å². The van der Waals surface area contributed by atoms with Gasteiger partial charge in [-0.2, -0.15) is 5.01 Å². The molecule has 2 atom stereocenters. The molecule has 4 rings (SSSR count). The number of benzene rings is 1. The molecule has 8 N–H and O–H groups in total. The number of phenolic OH excluding ortho intramolecular Hbond substituents is 2. The number of phenols is 2. The maximum absolute atomic E-state index is 13.5. The molecule has 19 nitrogen and oxygen atoms in total. The number of β-lactam (4-membered cyclic amide) rings is 1. The number of nitrogens with zero attached hydrogens (tertiary/aromatic N) is 5. The van der Waals surface area contributed by atoms with Gasteiger partial charge in [0.25, 0.3) is 17.7 Å². The number of ether oxygens (including phenoxy) is 1. The van der Waals surface area contributed by atoms with E-state index in [1.165, 1.54) is 37.1 Å². The molecule has 1 unspecified atom stereocenters. The summed E-state index contributed by atoms with van der Waals surface area (Å²) in [5, 5.41) is 34.5. The highest BCUT2D eigenvalue weighted by Gasteiger charge is 2.52. The lowest BCUT2D eigenvalue weighted by molar-refractivity contribution is -0.155. The first-order valence-corrected chi connectivity index (χ1v) is 15.2. The number of primary amides is 1. The van der Waals surface area contributed by atoms with Crippen molar-refractivity contribution in [3.8, 4) is 11.5 Å². The third-order valence-electron chi connectivity index (χ3n) is 6.66. The average Bonchev–Trinajstić information content (AvgIpc) is 3.44. The van der Waals surface area contributed by atoms with Crippen LogP contribution < -0.4 is 16.9 Å². The second-order valence-corrected chi connectivity index (χ2v) is 12.3. The Labute approximate surface area is 285 Å². The topological polar surface area (TPSA) is 281 Å². The van der Waals surface area contributed by atoms with Crippen LogP contribution in [0.1, 0.15) is 29.9 Å². The number of nitrogen functional groups attached to an aromatic ring is 1. The highest BCUT2D eigenvalue weighted by atomic mass is 35.5. The summed E-state index contributed by atoms with van der Waals surface area (Å²) < 4.78 is 5.26. The number of carboxylic acid groups (broad SMARTS) is 1. The molecule has 1 fully saturated rings. The van der Waals surface area contributed by atoms with E-state index in [4.69, 9.17) is 21.0 Å². The van der Waals surface area contributed by atoms with Gasteiger partial charge in [0.1, 0.15) is 23.9 Å². The van der Waals surface area contributed by atoms with Crippen LogP contribution in [0.15, 0.2) is 40.5 Å². The van der Waals surface area contributed by atoms with Crippen molar-refractivity contribution in [3.63, 3.8) is 0 Å². The van der Waals surface area contributed by atoms with Crippen LogP contribution in [-0.2, 0) is 28.8 Å². The molecule has 48 heavy (non-hydrogen) atoms. The number of carbonyl (C=O) groups excluding carboxylic acids is 5. The van der Waals surface area contributed by atoms with Crippen LogP contribution in [0.3, 0.4) is 0 Å². The van der Waals surface area contributed by atoms with Crippen molar-refractivity contribution in [2.45, 2.75) is 24.8 Å². The molecule has 1 aromatic heterocycles. The highest BCUT2D eigenvalue weighted by molar-refractivity contribution is 8.00. The standard InChI is InChI=1S/C26H28N8O11S2.ClH/c1-26(2,45-31-17(18(27)37)13-10-47-24(28)29-13)23(42)30-34(19(38)11-4-5-15(35)16(36)8-11)32(3)25(43)44-9-12-20(39)33-14(22(40)41)6-7-46-21(12)33;/h4-6,8,10,12,21,35-36H,7,9H2,1-3H3,(H2,27,37)(H2,28,29)(H,30,42)(H,40,41);1H/t12?,21-;/m0./s1. The SMILES string of the molecule is CN(C(=O)OCC1C(=O)N2C(C(=O)O)=CCS[C@@H]12)N(NC(=O)C(C)(C)ON=C(C(N)=O)c1csc(N)n1)C(=O)c1ccc(O)c(O)c1.Cl. The van der Waals surface area contributed by atoms with Gasteiger partial charge in [0.2, 0.25) is 11.5 Å². The predicted molar refractivity (Wildman–Crippen MR) is 170 cm³/mol. The van der Waals surface area contributed by atoms with Gasteiger partial charge >= 0.3 is 12.1 Å². The summed E-state index contributed by atoms with van der Waals surface area (Å²) in [4.78, 5) is 86.3. The van der Waals surface area contributed by atoms with E-state index >= 15 is 0 Å². The Balaban J connectivity index is 0.00000625. The van der Waals surface area contributed by atoms with Gasteiger partial charge in [-0.15, -0.1) is 40.6 Å². The number of hydrogen-bond donors (Lipinski definition) is 6. The fraction of sp³-hybridized carbons (Fsp3) is 0.308. The van der Waals surface area contributed by atoms with Crippen molar-refractivity contribution < 1.29 is 53.7 Å². The quantitative estimate of drug-likeness (QED) is 0.0871. The molecule has 0 radical (unpaired) electrons. The normalized spacial score (nSPS) is 17.1. The maximum Gasteiger partial charge on any atom is 0.430 e. The Morgan fingerprint density at radius 3 is 2.48 bits per heavy atom. The Bertz CT molecular complexity index is 1720. The van der Waals surface area contributed by atoms with Crippen LogP contribution in [0.5, 0.6) is 11.5 Å². The minimum Gasteiger partial charge on any atom is -0.504 e. The number of aromatic nitrogens is 1. The lowest BCUT2D eigenvalue weighted by Crippen LogP contribution is -2.63. The monoisotopic (exact) mass is 728 g/mol. The van der Waals surface area contributed by atoms with Crippen molar-refractivity contribution >= 4 is 82.0 Å². The molecule has 0 spiro atoms. The van der Waals surface area contributed by atoms with Gasteiger partial charge in [-0.25, -0.2) is 20.0 Å². The number of aromatic hydroxyl groups is 2. The van der Waals surface area contributed by atoms with E-state index in [9.17, 15) is 44.1 Å². The van der Waals surface area contributed by atoms with Crippen molar-refractivity contribution in [2.24, 2.45) is 16.8 Å². The lowest BCUT2D eigenvalue weighted by atomic mass is 9.97. The average molecular weight is 729 g/mol. The number of thiazole rings is 1. The van der Waals surface area contributed by atoms with Crippen molar-refractivity contribution in [1.29, 1.82) is 0 Å². The summed E-state index contributed by atoms with van der Waals surface area (Å²) in [5.74, 6) is -6.90. The second kappa shape index (κ2) is 14.6. The number of rotatable bonds is 9. The van der Waals surface area contributed by atoms with Crippen LogP contribution in [0.2, 0.25) is 0 Å². The van der Waals surface area contributed by atoms with Crippen molar-refractivity contribution in [2.75, 3.05) is 25.1 Å². The number of hydrazine groups is 2. The van der Waals surface area contributed by atoms with Crippen LogP contribution >= 0.6 is 35.5 Å². The fourth-order valence-electron chi connectivity index (χ4n) is 4.06. The predicted octanol–water partition coefficient (Wildman–Crippen LogP) is 0.200. The second-order valence-electron chi connectivity index (χ2n) is 10.3. The zero-order valence-electron chi connectivity index (χ0n) is 25.2. The van der Waals surface area contributed by atoms with Gasteiger partial charge in [0, 0.05) is 23.7 Å². The van der Waals surface area contributed by atoms with Crippen LogP contribution in [0, 0.1) is 5.92 Å². The largest absolute Gasteiger partial charge is 0.504 e. The Hall–Kier alpha value is -5.28. The number of oxime groups is 1. The number of nitrogens with one attached hydrogen (secondary N) is 1. The van der Waals surface area contributed by atoms with Gasteiger partial charge in [-0.05, 0) is 38.1 Å². The third-order valence-corrected chi connectivity index (χ3v) is 8.57. The Kier molecular flexibility index (Phi) is 11.3. The summed E-state index contributed by atoms with van der Waals surface area (Å²) in [6.45, 7) is 1.94. The van der Waals surface area contributed by atoms with E-state index in [2.05, 4.69) is 15.6 Å². The molecular formula is C26H29ClN8O11S2. The summed E-state index contributed by atoms with van der Waals surface area (Å²) in [5.41, 5.74) is 10.2. The molecule has 1 aromatic carbocycles. The lowest BCUT2D eigenvalue weighted by Gasteiger charge is -2.48. The number of thioether (sulfide) groups is 1. The number of carbonyl (C=O) groups is 6. The molecule has 3 heterocycles. The minimum absolute atomic E-state index is 0. The number of fused-ring (bicyclic) bond motifs is 1. The van der Waals surface area contributed by atoms with Crippen LogP contribution in [-0.4, -0.2) is 107 Å². The summed E-state index contributed by atoms with van der Waals surface area (Å²) in [6.07, 6.45) is 0.168. The fourth-order valence-corrected chi connectivity index (χ4v) is 5.85. The van der Waals surface area contributed by atoms with Gasteiger partial charge < -0.3 is 36.4 Å². The van der Waals surface area contributed by atoms with E-state index < -0.39 is 76.4 Å². The van der Waals surface area contributed by atoms with E-state index in [-0.39, 0.29) is 34.5 Å². The van der Waals surface area contributed by atoms with Crippen LogP contribution in [0.25, 0.3) is 0 Å². The number of aliphatic carboxylic acids is 1. The van der Waals surface area contributed by atoms with Gasteiger partial charge in [-0.3, -0.25) is 24.1 Å². The Morgan fingerprint density at radius 1 is 1.21 bits per heavy atom. The molecule has 0 aliphatic carbocycles. The van der Waals surface area contributed by atoms with E-state index in [0.29, 0.717) is 15.9 Å². The highest BCUT2D eigenvalue weighted by Crippen LogP contribution is 2.41. The molecule has 2 aliphatic rings. The number of amides is 5. The number of hydrogen-bond acceptors (Lipinski definition) is 15. The molecule has 258 valence electrons. The summed E-state index contributed by atoms with van der Waals surface area (Å²) >= 11 is 2.26. The van der Waals surface area contributed by atoms with Gasteiger partial charge in [0.05, 0.1) is 5.37 Å². The first kappa shape index (κ1) is 37.2. The van der Waals surface area contributed by atoms with Crippen molar-refractivity contribution in [1.82, 2.24) is 25.4 Å². The zero-order valence-corrected chi connectivity index (χ0v) is 27.6. The smallest absolute Gasteiger partial charge is 0.430 e. The molecule has 22 heteroatoms. The molecular weight excluding hydrogens is 700 g/mol. The van der Waals surface area contributed by atoms with E-state index in [0.717, 1.165) is 41.5 Å². The molecule has 2 aromatic rings. The molecule has 0 saturated carbocycles. The zero-order chi connectivity index (χ0) is 34.8. The first-order chi connectivity index (χ1) is 22.0.